The molecule has 78 valence electrons. The van der Waals surface area contributed by atoms with Gasteiger partial charge in [-0.25, -0.2) is 9.36 Å². The molecule has 0 heterocycles. The SMILES string of the molecule is O=C(OCC1CCCC1)P(=O)(O)O.[Na].[Na]. The molecule has 0 aliphatic heterocycles. The third kappa shape index (κ3) is 7.53. The van der Waals surface area contributed by atoms with Crippen LogP contribution >= 0.6 is 7.60 Å². The van der Waals surface area contributed by atoms with Crippen molar-refractivity contribution in [2.45, 2.75) is 25.7 Å². The molecule has 1 saturated carbocycles. The molecule has 0 aromatic heterocycles. The van der Waals surface area contributed by atoms with Crippen molar-refractivity contribution >= 4 is 72.4 Å². The van der Waals surface area contributed by atoms with E-state index in [1.165, 1.54) is 0 Å². The third-order valence-electron chi connectivity index (χ3n) is 2.16. The standard InChI is InChI=1S/C7H13O5P.2Na/c8-7(13(9,10)11)12-5-6-3-1-2-4-6;;/h6H,1-5H2,(H2,9,10,11);;. The molecule has 1 aliphatic carbocycles. The van der Waals surface area contributed by atoms with Crippen molar-refractivity contribution in [3.05, 3.63) is 0 Å². The van der Waals surface area contributed by atoms with E-state index in [-0.39, 0.29) is 71.6 Å². The van der Waals surface area contributed by atoms with Gasteiger partial charge in [0.1, 0.15) is 0 Å². The van der Waals surface area contributed by atoms with E-state index in [2.05, 4.69) is 4.74 Å². The Balaban J connectivity index is 0. The smallest absolute Gasteiger partial charge is 0.433 e. The molecule has 0 spiro atoms. The fourth-order valence-electron chi connectivity index (χ4n) is 1.45. The topological polar surface area (TPSA) is 83.8 Å². The van der Waals surface area contributed by atoms with Crippen molar-refractivity contribution in [3.8, 4) is 0 Å². The van der Waals surface area contributed by atoms with E-state index in [4.69, 9.17) is 9.79 Å². The Labute approximate surface area is 133 Å². The summed E-state index contributed by atoms with van der Waals surface area (Å²) in [5.41, 5.74) is -1.40. The molecule has 0 aromatic rings. The van der Waals surface area contributed by atoms with Crippen LogP contribution in [0.15, 0.2) is 0 Å². The normalized spacial score (nSPS) is 16.4. The van der Waals surface area contributed by atoms with Gasteiger partial charge < -0.3 is 14.5 Å². The zero-order chi connectivity index (χ0) is 9.90. The van der Waals surface area contributed by atoms with Crippen molar-refractivity contribution in [3.63, 3.8) is 0 Å². The molecule has 0 atom stereocenters. The van der Waals surface area contributed by atoms with Crippen molar-refractivity contribution in [1.29, 1.82) is 0 Å². The van der Waals surface area contributed by atoms with Crippen LogP contribution in [-0.2, 0) is 9.30 Å². The first-order valence-electron chi connectivity index (χ1n) is 4.23. The Morgan fingerprint density at radius 2 is 1.73 bits per heavy atom. The Bertz CT molecular complexity index is 236. The zero-order valence-electron chi connectivity index (χ0n) is 9.18. The molecule has 2 radical (unpaired) electrons. The predicted molar refractivity (Wildman–Crippen MR) is 56.9 cm³/mol. The van der Waals surface area contributed by atoms with Gasteiger partial charge in [0.2, 0.25) is 0 Å². The minimum Gasteiger partial charge on any atom is -0.456 e. The fourth-order valence-corrected chi connectivity index (χ4v) is 1.69. The van der Waals surface area contributed by atoms with Crippen LogP contribution in [0.25, 0.3) is 0 Å². The second kappa shape index (κ2) is 8.67. The molecule has 0 saturated heterocycles. The van der Waals surface area contributed by atoms with E-state index in [0.717, 1.165) is 25.7 Å². The van der Waals surface area contributed by atoms with Crippen LogP contribution in [0.1, 0.15) is 25.7 Å². The number of carbonyl (C=O) groups excluding carboxylic acids is 1. The summed E-state index contributed by atoms with van der Waals surface area (Å²) in [5.74, 6) is 0.287. The summed E-state index contributed by atoms with van der Waals surface area (Å²) < 4.78 is 14.8. The molecule has 8 heteroatoms. The molecular weight excluding hydrogens is 241 g/mol. The van der Waals surface area contributed by atoms with Gasteiger partial charge >= 0.3 is 13.3 Å². The Hall–Kier alpha value is 1.62. The Morgan fingerprint density at radius 1 is 1.27 bits per heavy atom. The molecular formula is C7H13Na2O5P. The van der Waals surface area contributed by atoms with E-state index in [0.29, 0.717) is 0 Å². The molecule has 0 unspecified atom stereocenters. The average Bonchev–Trinajstić information content (AvgIpc) is 2.50. The van der Waals surface area contributed by atoms with Crippen molar-refractivity contribution in [2.75, 3.05) is 6.61 Å². The first kappa shape index (κ1) is 19.0. The third-order valence-corrected chi connectivity index (χ3v) is 2.76. The molecule has 0 amide bonds. The summed E-state index contributed by atoms with van der Waals surface area (Å²) in [7, 11) is -4.67. The van der Waals surface area contributed by atoms with E-state index in [9.17, 15) is 9.36 Å². The zero-order valence-corrected chi connectivity index (χ0v) is 14.1. The summed E-state index contributed by atoms with van der Waals surface area (Å²) >= 11 is 0. The van der Waals surface area contributed by atoms with Crippen LogP contribution in [0.5, 0.6) is 0 Å². The van der Waals surface area contributed by atoms with Gasteiger partial charge in [-0.2, -0.15) is 0 Å². The molecule has 1 rings (SSSR count). The first-order valence-corrected chi connectivity index (χ1v) is 5.84. The van der Waals surface area contributed by atoms with Gasteiger partial charge in [-0.15, -0.1) is 0 Å². The largest absolute Gasteiger partial charge is 0.456 e. The second-order valence-electron chi connectivity index (χ2n) is 3.27. The van der Waals surface area contributed by atoms with E-state index in [1.807, 2.05) is 0 Å². The summed E-state index contributed by atoms with van der Waals surface area (Å²) in [5, 5.41) is 0. The van der Waals surface area contributed by atoms with Gasteiger partial charge in [0.15, 0.2) is 0 Å². The number of ether oxygens (including phenoxy) is 1. The minimum absolute atomic E-state index is 0. The summed E-state index contributed by atoms with van der Waals surface area (Å²) in [6, 6.07) is 0. The summed E-state index contributed by atoms with van der Waals surface area (Å²) in [4.78, 5) is 27.4. The molecule has 2 N–H and O–H groups in total. The molecule has 1 fully saturated rings. The van der Waals surface area contributed by atoms with Gasteiger partial charge in [-0.05, 0) is 18.8 Å². The predicted octanol–water partition coefficient (Wildman–Crippen LogP) is 0.729. The van der Waals surface area contributed by atoms with E-state index >= 15 is 0 Å². The van der Waals surface area contributed by atoms with Crippen LogP contribution in [0.2, 0.25) is 0 Å². The monoisotopic (exact) mass is 254 g/mol. The van der Waals surface area contributed by atoms with Gasteiger partial charge in [0, 0.05) is 59.1 Å². The molecule has 5 nitrogen and oxygen atoms in total. The second-order valence-corrected chi connectivity index (χ2v) is 4.72. The minimum atomic E-state index is -4.67. The van der Waals surface area contributed by atoms with E-state index in [1.54, 1.807) is 0 Å². The van der Waals surface area contributed by atoms with Crippen LogP contribution in [0.4, 0.5) is 4.79 Å². The maximum absolute atomic E-state index is 10.6. The summed E-state index contributed by atoms with van der Waals surface area (Å²) in [6.07, 6.45) is 4.18. The quantitative estimate of drug-likeness (QED) is 0.573. The maximum atomic E-state index is 10.6. The van der Waals surface area contributed by atoms with Crippen molar-refractivity contribution in [2.24, 2.45) is 5.92 Å². The molecule has 0 aromatic carbocycles. The Kier molecular flexibility index (Phi) is 11.0. The van der Waals surface area contributed by atoms with Crippen molar-refractivity contribution in [1.82, 2.24) is 0 Å². The van der Waals surface area contributed by atoms with Crippen LogP contribution in [0.3, 0.4) is 0 Å². The van der Waals surface area contributed by atoms with Gasteiger partial charge in [0.25, 0.3) is 0 Å². The molecule has 1 aliphatic rings. The molecule has 0 bridgehead atoms. The fraction of sp³-hybridized carbons (Fsp3) is 0.857. The van der Waals surface area contributed by atoms with Gasteiger partial charge in [-0.1, -0.05) is 12.8 Å². The first-order chi connectivity index (χ1) is 6.00. The Morgan fingerprint density at radius 3 is 2.13 bits per heavy atom. The number of hydrogen-bond donors (Lipinski definition) is 2. The maximum Gasteiger partial charge on any atom is 0.433 e. The number of carbonyl (C=O) groups is 1. The van der Waals surface area contributed by atoms with Crippen LogP contribution < -0.4 is 0 Å². The van der Waals surface area contributed by atoms with E-state index < -0.39 is 13.3 Å². The van der Waals surface area contributed by atoms with Crippen LogP contribution in [-0.4, -0.2) is 81.2 Å². The van der Waals surface area contributed by atoms with Gasteiger partial charge in [-0.3, -0.25) is 0 Å². The van der Waals surface area contributed by atoms with Gasteiger partial charge in [0.05, 0.1) is 6.61 Å². The average molecular weight is 254 g/mol. The van der Waals surface area contributed by atoms with Crippen LogP contribution in [0, 0.1) is 5.92 Å². The molecule has 15 heavy (non-hydrogen) atoms. The number of hydrogen-bond acceptors (Lipinski definition) is 3. The van der Waals surface area contributed by atoms with Crippen molar-refractivity contribution < 1.29 is 23.9 Å². The number of rotatable bonds is 3. The summed E-state index contributed by atoms with van der Waals surface area (Å²) in [6.45, 7) is 0.143.